The molecule has 132 valence electrons. The minimum absolute atomic E-state index is 0.225. The van der Waals surface area contributed by atoms with Crippen LogP contribution in [0.5, 0.6) is 5.75 Å². The Kier molecular flexibility index (Phi) is 5.38. The van der Waals surface area contributed by atoms with Crippen molar-refractivity contribution in [3.63, 3.8) is 0 Å². The average molecular weight is 368 g/mol. The van der Waals surface area contributed by atoms with Gasteiger partial charge in [0.1, 0.15) is 5.75 Å². The summed E-state index contributed by atoms with van der Waals surface area (Å²) >= 11 is 0.880. The SMILES string of the molecule is NC(=O)COc1ccccc1/C=C1\SC(=O)N(Cc2ccccc2)C1=O. The number of nitrogens with zero attached hydrogens (tertiary/aromatic N) is 1. The number of benzene rings is 2. The van der Waals surface area contributed by atoms with E-state index in [9.17, 15) is 14.4 Å². The summed E-state index contributed by atoms with van der Waals surface area (Å²) in [5.41, 5.74) is 6.57. The molecule has 0 unspecified atom stereocenters. The standard InChI is InChI=1S/C19H16N2O4S/c20-17(22)12-25-15-9-5-4-8-14(15)10-16-18(23)21(19(24)26-16)11-13-6-2-1-3-7-13/h1-10H,11-12H2,(H2,20,22)/b16-10-. The topological polar surface area (TPSA) is 89.7 Å². The minimum Gasteiger partial charge on any atom is -0.483 e. The van der Waals surface area contributed by atoms with Crippen LogP contribution in [0, 0.1) is 0 Å². The summed E-state index contributed by atoms with van der Waals surface area (Å²) in [5.74, 6) is -0.530. The summed E-state index contributed by atoms with van der Waals surface area (Å²) in [6.07, 6.45) is 1.59. The van der Waals surface area contributed by atoms with Crippen molar-refractivity contribution in [1.82, 2.24) is 4.90 Å². The van der Waals surface area contributed by atoms with Gasteiger partial charge >= 0.3 is 0 Å². The van der Waals surface area contributed by atoms with Gasteiger partial charge in [-0.2, -0.15) is 0 Å². The second-order valence-electron chi connectivity index (χ2n) is 5.55. The van der Waals surface area contributed by atoms with Crippen LogP contribution in [-0.2, 0) is 16.1 Å². The first kappa shape index (κ1) is 17.8. The van der Waals surface area contributed by atoms with Crippen LogP contribution in [0.15, 0.2) is 59.5 Å². The van der Waals surface area contributed by atoms with Crippen molar-refractivity contribution >= 4 is 34.9 Å². The molecule has 0 spiro atoms. The lowest BCUT2D eigenvalue weighted by Crippen LogP contribution is -2.27. The predicted octanol–water partition coefficient (Wildman–Crippen LogP) is 2.79. The Labute approximate surface area is 154 Å². The van der Waals surface area contributed by atoms with E-state index < -0.39 is 5.91 Å². The second kappa shape index (κ2) is 7.88. The van der Waals surface area contributed by atoms with Crippen molar-refractivity contribution in [2.75, 3.05) is 6.61 Å². The first-order chi connectivity index (χ1) is 12.5. The van der Waals surface area contributed by atoms with Crippen molar-refractivity contribution in [1.29, 1.82) is 0 Å². The van der Waals surface area contributed by atoms with Gasteiger partial charge < -0.3 is 10.5 Å². The van der Waals surface area contributed by atoms with Gasteiger partial charge in [0.2, 0.25) is 0 Å². The number of amides is 3. The largest absolute Gasteiger partial charge is 0.483 e. The molecule has 26 heavy (non-hydrogen) atoms. The Morgan fingerprint density at radius 3 is 2.50 bits per heavy atom. The van der Waals surface area contributed by atoms with Crippen LogP contribution in [0.3, 0.4) is 0 Å². The fourth-order valence-electron chi connectivity index (χ4n) is 2.42. The van der Waals surface area contributed by atoms with Crippen molar-refractivity contribution in [3.05, 3.63) is 70.6 Å². The molecule has 0 aliphatic carbocycles. The number of nitrogens with two attached hydrogens (primary N) is 1. The zero-order chi connectivity index (χ0) is 18.5. The lowest BCUT2D eigenvalue weighted by Gasteiger charge is -2.12. The zero-order valence-electron chi connectivity index (χ0n) is 13.8. The summed E-state index contributed by atoms with van der Waals surface area (Å²) in [7, 11) is 0. The fraction of sp³-hybridized carbons (Fsp3) is 0.105. The molecule has 0 bridgehead atoms. The highest BCUT2D eigenvalue weighted by Crippen LogP contribution is 2.34. The van der Waals surface area contributed by atoms with Crippen molar-refractivity contribution < 1.29 is 19.1 Å². The lowest BCUT2D eigenvalue weighted by molar-refractivity contribution is -0.123. The number of primary amides is 1. The van der Waals surface area contributed by atoms with Crippen LogP contribution in [0.4, 0.5) is 4.79 Å². The van der Waals surface area contributed by atoms with E-state index in [0.717, 1.165) is 17.3 Å². The highest BCUT2D eigenvalue weighted by molar-refractivity contribution is 8.18. The van der Waals surface area contributed by atoms with Gasteiger partial charge in [-0.1, -0.05) is 48.5 Å². The van der Waals surface area contributed by atoms with Crippen molar-refractivity contribution in [2.24, 2.45) is 5.73 Å². The van der Waals surface area contributed by atoms with E-state index in [0.29, 0.717) is 16.2 Å². The summed E-state index contributed by atoms with van der Waals surface area (Å²) in [6, 6.07) is 16.2. The molecule has 1 aliphatic rings. The van der Waals surface area contributed by atoms with Gasteiger partial charge in [-0.3, -0.25) is 19.3 Å². The number of hydrogen-bond donors (Lipinski definition) is 1. The molecule has 1 saturated heterocycles. The molecule has 3 amide bonds. The number of carbonyl (C=O) groups excluding carboxylic acids is 3. The van der Waals surface area contributed by atoms with E-state index in [1.165, 1.54) is 4.90 Å². The van der Waals surface area contributed by atoms with Crippen LogP contribution < -0.4 is 10.5 Å². The first-order valence-corrected chi connectivity index (χ1v) is 8.65. The molecule has 2 aromatic rings. The average Bonchev–Trinajstić information content (AvgIpc) is 2.89. The molecule has 3 rings (SSSR count). The predicted molar refractivity (Wildman–Crippen MR) is 99.1 cm³/mol. The monoisotopic (exact) mass is 368 g/mol. The molecule has 2 N–H and O–H groups in total. The van der Waals surface area contributed by atoms with E-state index in [1.54, 1.807) is 30.3 Å². The number of carbonyl (C=O) groups is 3. The highest BCUT2D eigenvalue weighted by atomic mass is 32.2. The molecule has 0 radical (unpaired) electrons. The Balaban J connectivity index is 1.81. The van der Waals surface area contributed by atoms with Gasteiger partial charge in [-0.05, 0) is 29.5 Å². The molecule has 2 aromatic carbocycles. The maximum atomic E-state index is 12.6. The van der Waals surface area contributed by atoms with Gasteiger partial charge in [-0.25, -0.2) is 0 Å². The van der Waals surface area contributed by atoms with Gasteiger partial charge in [0.15, 0.2) is 6.61 Å². The minimum atomic E-state index is -0.594. The second-order valence-corrected chi connectivity index (χ2v) is 6.54. The van der Waals surface area contributed by atoms with E-state index >= 15 is 0 Å². The smallest absolute Gasteiger partial charge is 0.293 e. The molecule has 1 fully saturated rings. The Hall–Kier alpha value is -3.06. The molecule has 0 atom stereocenters. The van der Waals surface area contributed by atoms with Crippen LogP contribution >= 0.6 is 11.8 Å². The molecule has 7 heteroatoms. The van der Waals surface area contributed by atoms with Crippen LogP contribution in [0.25, 0.3) is 6.08 Å². The van der Waals surface area contributed by atoms with Crippen molar-refractivity contribution in [2.45, 2.75) is 6.54 Å². The van der Waals surface area contributed by atoms with E-state index in [4.69, 9.17) is 10.5 Å². The highest BCUT2D eigenvalue weighted by Gasteiger charge is 2.35. The van der Waals surface area contributed by atoms with Gasteiger partial charge in [-0.15, -0.1) is 0 Å². The summed E-state index contributed by atoms with van der Waals surface area (Å²) in [6.45, 7) is -0.0387. The maximum Gasteiger partial charge on any atom is 0.293 e. The van der Waals surface area contributed by atoms with Gasteiger partial charge in [0.05, 0.1) is 11.4 Å². The van der Waals surface area contributed by atoms with E-state index in [1.807, 2.05) is 30.3 Å². The third-order valence-electron chi connectivity index (χ3n) is 3.63. The molecule has 1 heterocycles. The Morgan fingerprint density at radius 2 is 1.77 bits per heavy atom. The third kappa shape index (κ3) is 4.12. The summed E-state index contributed by atoms with van der Waals surface area (Å²) in [4.78, 5) is 37.3. The molecular formula is C19H16N2O4S. The molecule has 0 aromatic heterocycles. The molecule has 6 nitrogen and oxygen atoms in total. The Bertz CT molecular complexity index is 880. The fourth-order valence-corrected chi connectivity index (χ4v) is 3.25. The first-order valence-electron chi connectivity index (χ1n) is 7.84. The van der Waals surface area contributed by atoms with Crippen molar-refractivity contribution in [3.8, 4) is 5.75 Å². The van der Waals surface area contributed by atoms with Gasteiger partial charge in [0.25, 0.3) is 17.1 Å². The summed E-state index contributed by atoms with van der Waals surface area (Å²) < 4.78 is 5.36. The molecule has 1 aliphatic heterocycles. The van der Waals surface area contributed by atoms with Crippen LogP contribution in [-0.4, -0.2) is 28.6 Å². The summed E-state index contributed by atoms with van der Waals surface area (Å²) in [5, 5.41) is -0.319. The molecule has 0 saturated carbocycles. The van der Waals surface area contributed by atoms with Crippen LogP contribution in [0.1, 0.15) is 11.1 Å². The Morgan fingerprint density at radius 1 is 1.08 bits per heavy atom. The number of imide groups is 1. The van der Waals surface area contributed by atoms with E-state index in [-0.39, 0.29) is 24.3 Å². The maximum absolute atomic E-state index is 12.6. The number of para-hydroxylation sites is 1. The quantitative estimate of drug-likeness (QED) is 0.792. The number of rotatable bonds is 6. The third-order valence-corrected chi connectivity index (χ3v) is 4.54. The number of ether oxygens (including phenoxy) is 1. The van der Waals surface area contributed by atoms with Crippen LogP contribution in [0.2, 0.25) is 0 Å². The van der Waals surface area contributed by atoms with E-state index in [2.05, 4.69) is 0 Å². The number of thioether (sulfide) groups is 1. The van der Waals surface area contributed by atoms with Gasteiger partial charge in [0, 0.05) is 5.56 Å². The lowest BCUT2D eigenvalue weighted by atomic mass is 10.1. The normalized spacial score (nSPS) is 15.5. The number of hydrogen-bond acceptors (Lipinski definition) is 5. The zero-order valence-corrected chi connectivity index (χ0v) is 14.6. The molecular weight excluding hydrogens is 352 g/mol.